The predicted octanol–water partition coefficient (Wildman–Crippen LogP) is 3.09. The third-order valence-corrected chi connectivity index (χ3v) is 3.86. The maximum atomic E-state index is 12.0. The van der Waals surface area contributed by atoms with E-state index in [1.54, 1.807) is 0 Å². The standard InChI is InChI=1S/C15H21NO2/c1-3-4-7-13(15(17)18-2)12-9-8-11-6-5-10-16-14(11)12/h5-6,10,12-13H,3-4,7-9H2,1-2H3. The van der Waals surface area contributed by atoms with Gasteiger partial charge in [-0.25, -0.2) is 0 Å². The lowest BCUT2D eigenvalue weighted by Crippen LogP contribution is -2.23. The maximum Gasteiger partial charge on any atom is 0.309 e. The molecule has 0 radical (unpaired) electrons. The zero-order valence-electron chi connectivity index (χ0n) is 11.2. The molecule has 0 spiro atoms. The Kier molecular flexibility index (Phi) is 4.34. The molecule has 1 aliphatic rings. The van der Waals surface area contributed by atoms with E-state index in [2.05, 4.69) is 18.0 Å². The fraction of sp³-hybridized carbons (Fsp3) is 0.600. The third kappa shape index (κ3) is 2.55. The molecular weight excluding hydrogens is 226 g/mol. The number of hydrogen-bond donors (Lipinski definition) is 0. The number of unbranched alkanes of at least 4 members (excludes halogenated alkanes) is 1. The summed E-state index contributed by atoms with van der Waals surface area (Å²) in [4.78, 5) is 16.4. The van der Waals surface area contributed by atoms with E-state index in [0.29, 0.717) is 0 Å². The smallest absolute Gasteiger partial charge is 0.309 e. The van der Waals surface area contributed by atoms with Crippen molar-refractivity contribution in [3.8, 4) is 0 Å². The highest BCUT2D eigenvalue weighted by atomic mass is 16.5. The molecule has 0 N–H and O–H groups in total. The van der Waals surface area contributed by atoms with Gasteiger partial charge in [-0.15, -0.1) is 0 Å². The van der Waals surface area contributed by atoms with E-state index in [-0.39, 0.29) is 17.8 Å². The fourth-order valence-electron chi connectivity index (χ4n) is 2.89. The van der Waals surface area contributed by atoms with Crippen LogP contribution in [-0.2, 0) is 16.0 Å². The molecule has 98 valence electrons. The van der Waals surface area contributed by atoms with Crippen LogP contribution in [0.5, 0.6) is 0 Å². The number of esters is 1. The third-order valence-electron chi connectivity index (χ3n) is 3.86. The molecule has 0 aliphatic heterocycles. The van der Waals surface area contributed by atoms with Gasteiger partial charge in [-0.2, -0.15) is 0 Å². The molecule has 2 atom stereocenters. The largest absolute Gasteiger partial charge is 0.469 e. The number of hydrogen-bond acceptors (Lipinski definition) is 3. The first-order chi connectivity index (χ1) is 8.77. The lowest BCUT2D eigenvalue weighted by Gasteiger charge is -2.21. The number of aryl methyl sites for hydroxylation is 1. The van der Waals surface area contributed by atoms with Gasteiger partial charge in [0, 0.05) is 17.8 Å². The van der Waals surface area contributed by atoms with Gasteiger partial charge in [-0.3, -0.25) is 9.78 Å². The number of carbonyl (C=O) groups excluding carboxylic acids is 1. The van der Waals surface area contributed by atoms with Gasteiger partial charge in [0.25, 0.3) is 0 Å². The number of aromatic nitrogens is 1. The molecule has 0 saturated heterocycles. The van der Waals surface area contributed by atoms with E-state index in [0.717, 1.165) is 37.8 Å². The van der Waals surface area contributed by atoms with E-state index in [1.165, 1.54) is 12.7 Å². The van der Waals surface area contributed by atoms with Gasteiger partial charge in [0.1, 0.15) is 0 Å². The van der Waals surface area contributed by atoms with Crippen molar-refractivity contribution in [2.75, 3.05) is 7.11 Å². The second-order valence-electron chi connectivity index (χ2n) is 4.96. The van der Waals surface area contributed by atoms with Crippen molar-refractivity contribution < 1.29 is 9.53 Å². The Hall–Kier alpha value is -1.38. The monoisotopic (exact) mass is 247 g/mol. The molecule has 2 unspecified atom stereocenters. The Bertz CT molecular complexity index is 417. The van der Waals surface area contributed by atoms with Crippen LogP contribution >= 0.6 is 0 Å². The van der Waals surface area contributed by atoms with Crippen LogP contribution in [0.1, 0.15) is 49.8 Å². The molecule has 3 heteroatoms. The molecule has 1 aromatic rings. The average molecular weight is 247 g/mol. The summed E-state index contributed by atoms with van der Waals surface area (Å²) < 4.78 is 4.97. The lowest BCUT2D eigenvalue weighted by atomic mass is 9.86. The summed E-state index contributed by atoms with van der Waals surface area (Å²) in [7, 11) is 1.48. The fourth-order valence-corrected chi connectivity index (χ4v) is 2.89. The molecule has 0 bridgehead atoms. The van der Waals surface area contributed by atoms with Crippen LogP contribution in [0.3, 0.4) is 0 Å². The molecule has 0 amide bonds. The first-order valence-electron chi connectivity index (χ1n) is 6.79. The Morgan fingerprint density at radius 3 is 3.17 bits per heavy atom. The minimum atomic E-state index is -0.0769. The second kappa shape index (κ2) is 5.98. The van der Waals surface area contributed by atoms with Gasteiger partial charge < -0.3 is 4.74 Å². The second-order valence-corrected chi connectivity index (χ2v) is 4.96. The number of pyridine rings is 1. The van der Waals surface area contributed by atoms with Crippen LogP contribution in [0, 0.1) is 5.92 Å². The summed E-state index contributed by atoms with van der Waals surface area (Å²) in [5, 5.41) is 0. The predicted molar refractivity (Wildman–Crippen MR) is 70.3 cm³/mol. The van der Waals surface area contributed by atoms with Crippen molar-refractivity contribution in [2.45, 2.75) is 44.9 Å². The van der Waals surface area contributed by atoms with Gasteiger partial charge in [0.15, 0.2) is 0 Å². The molecule has 2 rings (SSSR count). The summed E-state index contributed by atoms with van der Waals surface area (Å²) in [5.41, 5.74) is 2.41. The van der Waals surface area contributed by atoms with Crippen LogP contribution in [-0.4, -0.2) is 18.1 Å². The van der Waals surface area contributed by atoms with Crippen molar-refractivity contribution in [2.24, 2.45) is 5.92 Å². The van der Waals surface area contributed by atoms with Crippen LogP contribution < -0.4 is 0 Å². The maximum absolute atomic E-state index is 12.0. The highest BCUT2D eigenvalue weighted by Crippen LogP contribution is 2.39. The normalized spacial score (nSPS) is 19.3. The zero-order valence-corrected chi connectivity index (χ0v) is 11.2. The van der Waals surface area contributed by atoms with Gasteiger partial charge in [-0.1, -0.05) is 25.8 Å². The van der Waals surface area contributed by atoms with Gasteiger partial charge >= 0.3 is 5.97 Å². The molecule has 1 aromatic heterocycles. The van der Waals surface area contributed by atoms with Crippen LogP contribution in [0.4, 0.5) is 0 Å². The van der Waals surface area contributed by atoms with E-state index >= 15 is 0 Å². The minimum absolute atomic E-state index is 0.0221. The summed E-state index contributed by atoms with van der Waals surface area (Å²) in [5.74, 6) is 0.151. The number of methoxy groups -OCH3 is 1. The summed E-state index contributed by atoms with van der Waals surface area (Å²) >= 11 is 0. The Morgan fingerprint density at radius 1 is 1.61 bits per heavy atom. The molecule has 3 nitrogen and oxygen atoms in total. The number of ether oxygens (including phenoxy) is 1. The summed E-state index contributed by atoms with van der Waals surface area (Å²) in [6.07, 6.45) is 6.96. The molecule has 0 aromatic carbocycles. The highest BCUT2D eigenvalue weighted by Gasteiger charge is 2.35. The Morgan fingerprint density at radius 2 is 2.44 bits per heavy atom. The van der Waals surface area contributed by atoms with Gasteiger partial charge in [0.2, 0.25) is 0 Å². The van der Waals surface area contributed by atoms with Crippen LogP contribution in [0.15, 0.2) is 18.3 Å². The number of nitrogens with zero attached hydrogens (tertiary/aromatic N) is 1. The average Bonchev–Trinajstić information content (AvgIpc) is 2.83. The Labute approximate surface area is 109 Å². The van der Waals surface area contributed by atoms with E-state index in [9.17, 15) is 4.79 Å². The van der Waals surface area contributed by atoms with E-state index in [4.69, 9.17) is 4.74 Å². The molecule has 1 aliphatic carbocycles. The van der Waals surface area contributed by atoms with E-state index in [1.807, 2.05) is 12.3 Å². The lowest BCUT2D eigenvalue weighted by molar-refractivity contribution is -0.146. The SMILES string of the molecule is CCCCC(C(=O)OC)C1CCc2cccnc21. The minimum Gasteiger partial charge on any atom is -0.469 e. The van der Waals surface area contributed by atoms with Gasteiger partial charge in [0.05, 0.1) is 13.0 Å². The summed E-state index contributed by atoms with van der Waals surface area (Å²) in [6, 6.07) is 4.09. The molecule has 0 fully saturated rings. The molecule has 0 saturated carbocycles. The molecule has 1 heterocycles. The number of rotatable bonds is 5. The van der Waals surface area contributed by atoms with Crippen molar-refractivity contribution in [1.29, 1.82) is 0 Å². The molecular formula is C15H21NO2. The Balaban J connectivity index is 2.19. The first kappa shape index (κ1) is 13.1. The van der Waals surface area contributed by atoms with Crippen molar-refractivity contribution in [1.82, 2.24) is 4.98 Å². The highest BCUT2D eigenvalue weighted by molar-refractivity contribution is 5.73. The van der Waals surface area contributed by atoms with Crippen molar-refractivity contribution in [3.63, 3.8) is 0 Å². The van der Waals surface area contributed by atoms with Crippen LogP contribution in [0.2, 0.25) is 0 Å². The van der Waals surface area contributed by atoms with Crippen molar-refractivity contribution in [3.05, 3.63) is 29.6 Å². The quantitative estimate of drug-likeness (QED) is 0.750. The number of carbonyl (C=O) groups is 1. The number of fused-ring (bicyclic) bond motifs is 1. The van der Waals surface area contributed by atoms with Gasteiger partial charge in [-0.05, 0) is 30.9 Å². The van der Waals surface area contributed by atoms with Crippen molar-refractivity contribution >= 4 is 5.97 Å². The first-order valence-corrected chi connectivity index (χ1v) is 6.79. The zero-order chi connectivity index (χ0) is 13.0. The summed E-state index contributed by atoms with van der Waals surface area (Å²) in [6.45, 7) is 2.15. The topological polar surface area (TPSA) is 39.2 Å². The van der Waals surface area contributed by atoms with Crippen LogP contribution in [0.25, 0.3) is 0 Å². The van der Waals surface area contributed by atoms with E-state index < -0.39 is 0 Å². The molecule has 18 heavy (non-hydrogen) atoms.